The fourth-order valence-electron chi connectivity index (χ4n) is 4.32. The fraction of sp³-hybridized carbons (Fsp3) is 0.259. The summed E-state index contributed by atoms with van der Waals surface area (Å²) in [4.78, 5) is 26.2. The number of hydrogen-bond acceptors (Lipinski definition) is 4. The second kappa shape index (κ2) is 12.0. The van der Waals surface area contributed by atoms with Gasteiger partial charge in [0.15, 0.2) is 0 Å². The number of nitrogens with one attached hydrogen (secondary N) is 2. The van der Waals surface area contributed by atoms with Crippen molar-refractivity contribution in [2.45, 2.75) is 43.0 Å². The van der Waals surface area contributed by atoms with Gasteiger partial charge in [-0.2, -0.15) is 0 Å². The van der Waals surface area contributed by atoms with Gasteiger partial charge in [-0.05, 0) is 55.3 Å². The van der Waals surface area contributed by atoms with Crippen molar-refractivity contribution in [3.05, 3.63) is 88.4 Å². The summed E-state index contributed by atoms with van der Waals surface area (Å²) in [6.45, 7) is -0.572. The monoisotopic (exact) mass is 559 g/mol. The van der Waals surface area contributed by atoms with Gasteiger partial charge < -0.3 is 10.6 Å². The predicted molar refractivity (Wildman–Crippen MR) is 147 cm³/mol. The molecule has 4 rings (SSSR count). The van der Waals surface area contributed by atoms with Gasteiger partial charge in [0.2, 0.25) is 5.91 Å². The maximum Gasteiger partial charge on any atom is 0.264 e. The predicted octanol–water partition coefficient (Wildman–Crippen LogP) is 5.89. The summed E-state index contributed by atoms with van der Waals surface area (Å²) >= 11 is 12.4. The van der Waals surface area contributed by atoms with E-state index in [0.717, 1.165) is 30.0 Å². The molecule has 0 unspecified atom stereocenters. The number of halogens is 2. The Hall–Kier alpha value is -3.07. The Bertz CT molecular complexity index is 1380. The van der Waals surface area contributed by atoms with Crippen molar-refractivity contribution in [2.24, 2.45) is 0 Å². The van der Waals surface area contributed by atoms with Crippen LogP contribution in [0.5, 0.6) is 0 Å². The molecule has 37 heavy (non-hydrogen) atoms. The summed E-state index contributed by atoms with van der Waals surface area (Å²) in [6, 6.07) is 18.9. The number of hydrogen-bond donors (Lipinski definition) is 2. The van der Waals surface area contributed by atoms with E-state index in [0.29, 0.717) is 16.3 Å². The second-order valence-electron chi connectivity index (χ2n) is 8.82. The molecule has 2 amide bonds. The van der Waals surface area contributed by atoms with Crippen molar-refractivity contribution >= 4 is 56.4 Å². The minimum Gasteiger partial charge on any atom is -0.349 e. The largest absolute Gasteiger partial charge is 0.349 e. The van der Waals surface area contributed by atoms with Crippen LogP contribution in [0.15, 0.2) is 77.7 Å². The normalized spacial score (nSPS) is 14.1. The molecular weight excluding hydrogens is 533 g/mol. The number of amides is 2. The number of carbonyl (C=O) groups excluding carboxylic acids is 2. The Labute approximate surface area is 226 Å². The van der Waals surface area contributed by atoms with Crippen LogP contribution in [0.4, 0.5) is 11.4 Å². The Morgan fingerprint density at radius 3 is 2.27 bits per heavy atom. The van der Waals surface area contributed by atoms with E-state index in [-0.39, 0.29) is 27.6 Å². The van der Waals surface area contributed by atoms with Gasteiger partial charge in [0.1, 0.15) is 6.54 Å². The smallest absolute Gasteiger partial charge is 0.264 e. The number of benzene rings is 3. The van der Waals surface area contributed by atoms with Gasteiger partial charge in [-0.1, -0.05) is 72.8 Å². The quantitative estimate of drug-likeness (QED) is 0.359. The first-order valence-electron chi connectivity index (χ1n) is 12.0. The van der Waals surface area contributed by atoms with Crippen LogP contribution in [0, 0.1) is 0 Å². The molecule has 10 heteroatoms. The van der Waals surface area contributed by atoms with Crippen LogP contribution in [0.2, 0.25) is 10.0 Å². The third kappa shape index (κ3) is 6.63. The van der Waals surface area contributed by atoms with E-state index in [2.05, 4.69) is 10.6 Å². The molecule has 3 aromatic rings. The number of rotatable bonds is 8. The average Bonchev–Trinajstić information content (AvgIpc) is 2.89. The van der Waals surface area contributed by atoms with Gasteiger partial charge in [0.25, 0.3) is 15.9 Å². The Kier molecular flexibility index (Phi) is 8.74. The summed E-state index contributed by atoms with van der Waals surface area (Å²) in [5.41, 5.74) is 0.705. The molecule has 1 saturated carbocycles. The van der Waals surface area contributed by atoms with Gasteiger partial charge in [-0.15, -0.1) is 0 Å². The summed E-state index contributed by atoms with van der Waals surface area (Å²) in [7, 11) is -4.16. The highest BCUT2D eigenvalue weighted by Gasteiger charge is 2.29. The van der Waals surface area contributed by atoms with Gasteiger partial charge in [-0.3, -0.25) is 13.9 Å². The van der Waals surface area contributed by atoms with E-state index in [9.17, 15) is 18.0 Å². The van der Waals surface area contributed by atoms with Crippen LogP contribution < -0.4 is 14.9 Å². The maximum absolute atomic E-state index is 13.5. The maximum atomic E-state index is 13.5. The minimum absolute atomic E-state index is 0.000997. The molecule has 7 nitrogen and oxygen atoms in total. The molecule has 0 saturated heterocycles. The third-order valence-corrected chi connectivity index (χ3v) is 8.49. The van der Waals surface area contributed by atoms with E-state index >= 15 is 0 Å². The Morgan fingerprint density at radius 2 is 1.57 bits per heavy atom. The molecule has 3 aromatic carbocycles. The van der Waals surface area contributed by atoms with Crippen LogP contribution in [0.3, 0.4) is 0 Å². The van der Waals surface area contributed by atoms with Crippen molar-refractivity contribution in [3.63, 3.8) is 0 Å². The third-order valence-electron chi connectivity index (χ3n) is 6.18. The Balaban J connectivity index is 1.59. The van der Waals surface area contributed by atoms with E-state index in [1.807, 2.05) is 0 Å². The van der Waals surface area contributed by atoms with Crippen molar-refractivity contribution in [3.8, 4) is 0 Å². The van der Waals surface area contributed by atoms with E-state index in [1.54, 1.807) is 42.5 Å². The molecule has 194 valence electrons. The molecule has 1 fully saturated rings. The van der Waals surface area contributed by atoms with Crippen molar-refractivity contribution in [1.29, 1.82) is 0 Å². The number of carbonyl (C=O) groups is 2. The molecule has 0 heterocycles. The van der Waals surface area contributed by atoms with Gasteiger partial charge >= 0.3 is 0 Å². The van der Waals surface area contributed by atoms with Crippen LogP contribution in [-0.4, -0.2) is 32.8 Å². The lowest BCUT2D eigenvalue weighted by molar-refractivity contribution is -0.114. The molecule has 0 bridgehead atoms. The highest BCUT2D eigenvalue weighted by atomic mass is 35.5. The fourth-order valence-corrected chi connectivity index (χ4v) is 6.34. The lowest BCUT2D eigenvalue weighted by atomic mass is 9.95. The number of para-hydroxylation sites is 1. The highest BCUT2D eigenvalue weighted by Crippen LogP contribution is 2.32. The molecule has 0 aromatic heterocycles. The van der Waals surface area contributed by atoms with E-state index in [4.69, 9.17) is 23.2 Å². The zero-order chi connectivity index (χ0) is 26.4. The lowest BCUT2D eigenvalue weighted by Gasteiger charge is -2.25. The first-order chi connectivity index (χ1) is 17.8. The molecule has 0 aliphatic heterocycles. The molecule has 2 N–H and O–H groups in total. The number of nitrogens with zero attached hydrogens (tertiary/aromatic N) is 1. The standard InChI is InChI=1S/C27H27Cl2N3O4S/c28-19-15-16-25(23(29)17-19)32(37(35,36)21-11-5-2-6-12-21)18-26(33)31-24-14-8-7-13-22(24)27(34)30-20-9-3-1-4-10-20/h2,5-8,11-17,20H,1,3-4,9-10,18H2,(H,30,34)(H,31,33). The average molecular weight is 561 g/mol. The van der Waals surface area contributed by atoms with Crippen molar-refractivity contribution in [2.75, 3.05) is 16.2 Å². The molecule has 1 aliphatic rings. The van der Waals surface area contributed by atoms with E-state index < -0.39 is 22.5 Å². The van der Waals surface area contributed by atoms with E-state index in [1.165, 1.54) is 36.8 Å². The number of anilines is 2. The first kappa shape index (κ1) is 27.0. The van der Waals surface area contributed by atoms with Crippen LogP contribution in [-0.2, 0) is 14.8 Å². The zero-order valence-electron chi connectivity index (χ0n) is 20.0. The highest BCUT2D eigenvalue weighted by molar-refractivity contribution is 7.92. The van der Waals surface area contributed by atoms with Crippen molar-refractivity contribution < 1.29 is 18.0 Å². The number of sulfonamides is 1. The van der Waals surface area contributed by atoms with Gasteiger partial charge in [-0.25, -0.2) is 8.42 Å². The zero-order valence-corrected chi connectivity index (χ0v) is 22.3. The lowest BCUT2D eigenvalue weighted by Crippen LogP contribution is -2.39. The summed E-state index contributed by atoms with van der Waals surface area (Å²) in [5.74, 6) is -0.916. The van der Waals surface area contributed by atoms with Crippen LogP contribution >= 0.6 is 23.2 Å². The molecule has 0 spiro atoms. The van der Waals surface area contributed by atoms with Crippen molar-refractivity contribution in [1.82, 2.24) is 5.32 Å². The summed E-state index contributed by atoms with van der Waals surface area (Å²) < 4.78 is 28.0. The van der Waals surface area contributed by atoms with Crippen LogP contribution in [0.25, 0.3) is 0 Å². The topological polar surface area (TPSA) is 95.6 Å². The Morgan fingerprint density at radius 1 is 0.892 bits per heavy atom. The summed E-state index contributed by atoms with van der Waals surface area (Å²) in [5, 5.41) is 6.16. The van der Waals surface area contributed by atoms with Gasteiger partial charge in [0.05, 0.1) is 26.9 Å². The molecule has 1 aliphatic carbocycles. The minimum atomic E-state index is -4.16. The first-order valence-corrected chi connectivity index (χ1v) is 14.2. The summed E-state index contributed by atoms with van der Waals surface area (Å²) in [6.07, 6.45) is 5.16. The van der Waals surface area contributed by atoms with Crippen LogP contribution in [0.1, 0.15) is 42.5 Å². The molecular formula is C27H27Cl2N3O4S. The van der Waals surface area contributed by atoms with Gasteiger partial charge in [0, 0.05) is 11.1 Å². The SMILES string of the molecule is O=C(CN(c1ccc(Cl)cc1Cl)S(=O)(=O)c1ccccc1)Nc1ccccc1C(=O)NC1CCCCC1. The molecule has 0 atom stereocenters. The second-order valence-corrected chi connectivity index (χ2v) is 11.5. The molecule has 0 radical (unpaired) electrons.